The second-order valence-electron chi connectivity index (χ2n) is 9.61. The summed E-state index contributed by atoms with van der Waals surface area (Å²) in [5.41, 5.74) is 2.89. The van der Waals surface area contributed by atoms with Crippen LogP contribution < -0.4 is 10.6 Å². The van der Waals surface area contributed by atoms with Crippen LogP contribution in [0.1, 0.15) is 56.3 Å². The number of nitrogens with one attached hydrogen (secondary N) is 2. The van der Waals surface area contributed by atoms with Crippen molar-refractivity contribution in [3.63, 3.8) is 0 Å². The first-order chi connectivity index (χ1) is 15.9. The van der Waals surface area contributed by atoms with E-state index in [-0.39, 0.29) is 12.6 Å². The van der Waals surface area contributed by atoms with Gasteiger partial charge in [0.15, 0.2) is 0 Å². The number of aromatic nitrogens is 4. The summed E-state index contributed by atoms with van der Waals surface area (Å²) in [4.78, 5) is 18.9. The standard InChI is InChI=1S/C24H32N6O2S/c1-14-19(22-29-20-15(2)25-10-7-18(20)33-22)21(28-17-6-5-16(11-17)12-31)30-23(27-14)26-13-24(32)8-3-4-9-24/h7,10,16-17,31-32H,3-6,8-9,11-13H2,1-2H3,(H2,26,27,28,30)/t16-,17+/m1/s1. The molecule has 0 bridgehead atoms. The molecule has 0 radical (unpaired) electrons. The number of hydrogen-bond acceptors (Lipinski definition) is 9. The van der Waals surface area contributed by atoms with E-state index in [0.29, 0.717) is 18.4 Å². The molecule has 9 heteroatoms. The van der Waals surface area contributed by atoms with Gasteiger partial charge in [0.25, 0.3) is 0 Å². The van der Waals surface area contributed by atoms with E-state index in [1.54, 1.807) is 11.3 Å². The van der Waals surface area contributed by atoms with E-state index < -0.39 is 5.60 Å². The molecule has 176 valence electrons. The quantitative estimate of drug-likeness (QED) is 0.410. The zero-order chi connectivity index (χ0) is 23.0. The van der Waals surface area contributed by atoms with Gasteiger partial charge in [-0.1, -0.05) is 12.8 Å². The predicted molar refractivity (Wildman–Crippen MR) is 132 cm³/mol. The SMILES string of the molecule is Cc1nc(NCC2(O)CCCC2)nc(N[C@H]2CC[C@@H](CO)C2)c1-c1nc2c(C)nccc2s1. The number of aliphatic hydroxyl groups excluding tert-OH is 1. The Morgan fingerprint density at radius 2 is 1.94 bits per heavy atom. The number of pyridine rings is 1. The van der Waals surface area contributed by atoms with Crippen LogP contribution in [0.2, 0.25) is 0 Å². The van der Waals surface area contributed by atoms with Crippen molar-refractivity contribution >= 4 is 33.3 Å². The van der Waals surface area contributed by atoms with Crippen LogP contribution in [0, 0.1) is 19.8 Å². The summed E-state index contributed by atoms with van der Waals surface area (Å²) >= 11 is 1.62. The van der Waals surface area contributed by atoms with Crippen LogP contribution in [0.15, 0.2) is 12.3 Å². The van der Waals surface area contributed by atoms with Crippen molar-refractivity contribution in [3.05, 3.63) is 23.7 Å². The molecule has 2 aliphatic rings. The fraction of sp³-hybridized carbons (Fsp3) is 0.583. The zero-order valence-corrected chi connectivity index (χ0v) is 20.1. The summed E-state index contributed by atoms with van der Waals surface area (Å²) in [6.45, 7) is 4.64. The molecule has 33 heavy (non-hydrogen) atoms. The lowest BCUT2D eigenvalue weighted by Gasteiger charge is -2.23. The molecular weight excluding hydrogens is 436 g/mol. The average Bonchev–Trinajstić information content (AvgIpc) is 3.53. The number of fused-ring (bicyclic) bond motifs is 1. The van der Waals surface area contributed by atoms with Crippen LogP contribution in [-0.4, -0.2) is 54.9 Å². The third kappa shape index (κ3) is 4.67. The Kier molecular flexibility index (Phi) is 6.20. The molecule has 2 fully saturated rings. The second-order valence-corrected chi connectivity index (χ2v) is 10.6. The van der Waals surface area contributed by atoms with Crippen molar-refractivity contribution < 1.29 is 10.2 Å². The van der Waals surface area contributed by atoms with Gasteiger partial charge in [0.2, 0.25) is 5.95 Å². The van der Waals surface area contributed by atoms with Gasteiger partial charge in [-0.3, -0.25) is 4.98 Å². The highest BCUT2D eigenvalue weighted by Crippen LogP contribution is 2.38. The van der Waals surface area contributed by atoms with Gasteiger partial charge in [0.1, 0.15) is 16.3 Å². The maximum Gasteiger partial charge on any atom is 0.225 e. The van der Waals surface area contributed by atoms with Gasteiger partial charge in [0.05, 0.1) is 27.3 Å². The van der Waals surface area contributed by atoms with Gasteiger partial charge in [-0.2, -0.15) is 4.98 Å². The van der Waals surface area contributed by atoms with E-state index in [0.717, 1.165) is 82.9 Å². The molecule has 4 N–H and O–H groups in total. The van der Waals surface area contributed by atoms with Crippen LogP contribution in [0.25, 0.3) is 20.8 Å². The lowest BCUT2D eigenvalue weighted by Crippen LogP contribution is -2.34. The first-order valence-corrected chi connectivity index (χ1v) is 12.7. The normalized spacial score (nSPS) is 22.2. The van der Waals surface area contributed by atoms with Crippen molar-refractivity contribution in [3.8, 4) is 10.6 Å². The molecule has 8 nitrogen and oxygen atoms in total. The van der Waals surface area contributed by atoms with E-state index >= 15 is 0 Å². The highest BCUT2D eigenvalue weighted by atomic mass is 32.1. The molecule has 5 rings (SSSR count). The van der Waals surface area contributed by atoms with Crippen molar-refractivity contribution in [2.45, 2.75) is 70.4 Å². The number of thiazole rings is 1. The molecule has 3 heterocycles. The smallest absolute Gasteiger partial charge is 0.225 e. The van der Waals surface area contributed by atoms with Crippen molar-refractivity contribution in [2.24, 2.45) is 5.92 Å². The zero-order valence-electron chi connectivity index (χ0n) is 19.3. The number of rotatable bonds is 7. The molecular formula is C24H32N6O2S. The van der Waals surface area contributed by atoms with Crippen molar-refractivity contribution in [1.29, 1.82) is 0 Å². The van der Waals surface area contributed by atoms with E-state index in [1.165, 1.54) is 0 Å². The molecule has 0 unspecified atom stereocenters. The van der Waals surface area contributed by atoms with E-state index in [2.05, 4.69) is 15.6 Å². The van der Waals surface area contributed by atoms with Gasteiger partial charge in [-0.15, -0.1) is 11.3 Å². The topological polar surface area (TPSA) is 116 Å². The predicted octanol–water partition coefficient (Wildman–Crippen LogP) is 4.06. The van der Waals surface area contributed by atoms with Crippen LogP contribution >= 0.6 is 11.3 Å². The Morgan fingerprint density at radius 3 is 2.67 bits per heavy atom. The molecule has 3 aromatic rings. The lowest BCUT2D eigenvalue weighted by atomic mass is 10.0. The minimum Gasteiger partial charge on any atom is -0.396 e. The highest BCUT2D eigenvalue weighted by molar-refractivity contribution is 7.21. The first kappa shape index (κ1) is 22.4. The molecule has 2 atom stereocenters. The Bertz CT molecular complexity index is 1140. The van der Waals surface area contributed by atoms with E-state index in [4.69, 9.17) is 15.0 Å². The summed E-state index contributed by atoms with van der Waals surface area (Å²) < 4.78 is 1.09. The van der Waals surface area contributed by atoms with Crippen molar-refractivity contribution in [2.75, 3.05) is 23.8 Å². The molecule has 0 amide bonds. The minimum atomic E-state index is -0.680. The minimum absolute atomic E-state index is 0.226. The van der Waals surface area contributed by atoms with Crippen LogP contribution in [0.3, 0.4) is 0 Å². The maximum atomic E-state index is 10.7. The Hall–Kier alpha value is -2.36. The Labute approximate surface area is 197 Å². The summed E-state index contributed by atoms with van der Waals surface area (Å²) in [7, 11) is 0. The molecule has 0 saturated heterocycles. The fourth-order valence-corrected chi connectivity index (χ4v) is 6.23. The summed E-state index contributed by atoms with van der Waals surface area (Å²) in [6.07, 6.45) is 8.49. The number of nitrogens with zero attached hydrogens (tertiary/aromatic N) is 4. The van der Waals surface area contributed by atoms with Crippen molar-refractivity contribution in [1.82, 2.24) is 19.9 Å². The molecule has 0 aliphatic heterocycles. The van der Waals surface area contributed by atoms with Gasteiger partial charge in [-0.25, -0.2) is 9.97 Å². The third-order valence-electron chi connectivity index (χ3n) is 7.04. The third-order valence-corrected chi connectivity index (χ3v) is 8.08. The molecule has 0 spiro atoms. The highest BCUT2D eigenvalue weighted by Gasteiger charge is 2.31. The van der Waals surface area contributed by atoms with E-state index in [9.17, 15) is 10.2 Å². The summed E-state index contributed by atoms with van der Waals surface area (Å²) in [5.74, 6) is 1.62. The molecule has 2 saturated carbocycles. The molecule has 0 aromatic carbocycles. The average molecular weight is 469 g/mol. The van der Waals surface area contributed by atoms with Gasteiger partial charge in [-0.05, 0) is 57.9 Å². The molecule has 3 aromatic heterocycles. The maximum absolute atomic E-state index is 10.7. The van der Waals surface area contributed by atoms with Gasteiger partial charge >= 0.3 is 0 Å². The lowest BCUT2D eigenvalue weighted by molar-refractivity contribution is 0.0613. The van der Waals surface area contributed by atoms with Crippen LogP contribution in [0.4, 0.5) is 11.8 Å². The number of aliphatic hydroxyl groups is 2. The molecule has 2 aliphatic carbocycles. The second kappa shape index (κ2) is 9.12. The van der Waals surface area contributed by atoms with Gasteiger partial charge < -0.3 is 20.8 Å². The van der Waals surface area contributed by atoms with Gasteiger partial charge in [0, 0.05) is 25.4 Å². The summed E-state index contributed by atoms with van der Waals surface area (Å²) in [5, 5.41) is 28.1. The van der Waals surface area contributed by atoms with Crippen LogP contribution in [-0.2, 0) is 0 Å². The Morgan fingerprint density at radius 1 is 1.12 bits per heavy atom. The largest absolute Gasteiger partial charge is 0.396 e. The monoisotopic (exact) mass is 468 g/mol. The first-order valence-electron chi connectivity index (χ1n) is 11.9. The number of hydrogen-bond donors (Lipinski definition) is 4. The fourth-order valence-electron chi connectivity index (χ4n) is 5.12. The summed E-state index contributed by atoms with van der Waals surface area (Å²) in [6, 6.07) is 2.24. The Balaban J connectivity index is 1.49. The number of anilines is 2. The number of aryl methyl sites for hydroxylation is 2. The van der Waals surface area contributed by atoms with Crippen LogP contribution in [0.5, 0.6) is 0 Å². The van der Waals surface area contributed by atoms with E-state index in [1.807, 2.05) is 26.1 Å².